The third kappa shape index (κ3) is 4.51. The molecule has 0 aromatic rings. The van der Waals surface area contributed by atoms with Crippen molar-refractivity contribution < 1.29 is 14.3 Å². The first kappa shape index (κ1) is 7.66. The number of ketones is 1. The fraction of sp³-hybridized carbons (Fsp3) is 0.167. The summed E-state index contributed by atoms with van der Waals surface area (Å²) in [6.07, 6.45) is 3.11. The summed E-state index contributed by atoms with van der Waals surface area (Å²) in [6, 6.07) is 0. The summed E-state index contributed by atoms with van der Waals surface area (Å²) in [5.74, 6) is 0.921. The van der Waals surface area contributed by atoms with Crippen LogP contribution in [0.2, 0.25) is 0 Å². The van der Waals surface area contributed by atoms with Gasteiger partial charge in [-0.1, -0.05) is 0 Å². The van der Waals surface area contributed by atoms with Crippen LogP contribution in [0.25, 0.3) is 0 Å². The van der Waals surface area contributed by atoms with E-state index in [1.807, 2.05) is 0 Å². The molecule has 0 aromatic heterocycles. The highest BCUT2D eigenvalue weighted by molar-refractivity contribution is 6.03. The van der Waals surface area contributed by atoms with Gasteiger partial charge >= 0.3 is 0 Å². The quantitative estimate of drug-likeness (QED) is 0.306. The molecule has 0 atom stereocenters. The Morgan fingerprint density at radius 3 is 2.78 bits per heavy atom. The first-order chi connectivity index (χ1) is 4.31. The summed E-state index contributed by atoms with van der Waals surface area (Å²) in [5.41, 5.74) is 0. The second-order valence-corrected chi connectivity index (χ2v) is 1.20. The molecule has 0 radical (unpaired) electrons. The van der Waals surface area contributed by atoms with Gasteiger partial charge in [0.15, 0.2) is 5.78 Å². The molecule has 0 bridgehead atoms. The van der Waals surface area contributed by atoms with Gasteiger partial charge in [0.2, 0.25) is 0 Å². The molecule has 0 unspecified atom stereocenters. The summed E-state index contributed by atoms with van der Waals surface area (Å²) >= 11 is 0. The lowest BCUT2D eigenvalue weighted by molar-refractivity contribution is -0.110. The number of hydrogen-bond donors (Lipinski definition) is 0. The Labute approximate surface area is 52.6 Å². The van der Waals surface area contributed by atoms with Gasteiger partial charge in [0.05, 0.1) is 19.4 Å². The SMILES string of the molecule is CO/C=C/C(=O)C=C=O. The molecule has 0 saturated carbocycles. The van der Waals surface area contributed by atoms with Gasteiger partial charge in [-0.05, 0) is 0 Å². The maximum atomic E-state index is 10.3. The van der Waals surface area contributed by atoms with Crippen LogP contribution in [0.15, 0.2) is 18.4 Å². The summed E-state index contributed by atoms with van der Waals surface area (Å²) in [4.78, 5) is 19.8. The zero-order chi connectivity index (χ0) is 7.11. The number of ether oxygens (including phenoxy) is 1. The predicted molar refractivity (Wildman–Crippen MR) is 31.4 cm³/mol. The molecule has 0 amide bonds. The average Bonchev–Trinajstić information content (AvgIpc) is 1.85. The molecule has 0 rings (SSSR count). The largest absolute Gasteiger partial charge is 0.504 e. The lowest BCUT2D eigenvalue weighted by Gasteiger charge is -1.80. The fourth-order valence-electron chi connectivity index (χ4n) is 0.241. The summed E-state index contributed by atoms with van der Waals surface area (Å²) < 4.78 is 4.41. The molecule has 0 heterocycles. The topological polar surface area (TPSA) is 43.4 Å². The van der Waals surface area contributed by atoms with Gasteiger partial charge in [0.1, 0.15) is 5.94 Å². The average molecular weight is 126 g/mol. The van der Waals surface area contributed by atoms with Crippen LogP contribution in [0.1, 0.15) is 0 Å². The highest BCUT2D eigenvalue weighted by atomic mass is 16.5. The van der Waals surface area contributed by atoms with Crippen LogP contribution < -0.4 is 0 Å². The third-order valence-corrected chi connectivity index (χ3v) is 0.570. The molecular formula is C6H6O3. The van der Waals surface area contributed by atoms with Gasteiger partial charge in [-0.3, -0.25) is 4.79 Å². The van der Waals surface area contributed by atoms with E-state index in [1.165, 1.54) is 19.3 Å². The Bertz CT molecular complexity index is 163. The van der Waals surface area contributed by atoms with E-state index in [0.29, 0.717) is 0 Å². The van der Waals surface area contributed by atoms with E-state index in [2.05, 4.69) is 4.74 Å². The normalized spacial score (nSPS) is 8.56. The number of methoxy groups -OCH3 is 1. The minimum Gasteiger partial charge on any atom is -0.504 e. The molecule has 0 fully saturated rings. The van der Waals surface area contributed by atoms with Crippen molar-refractivity contribution in [3.63, 3.8) is 0 Å². The van der Waals surface area contributed by atoms with Crippen LogP contribution in [0.5, 0.6) is 0 Å². The van der Waals surface area contributed by atoms with Crippen LogP contribution in [-0.2, 0) is 14.3 Å². The zero-order valence-electron chi connectivity index (χ0n) is 4.96. The van der Waals surface area contributed by atoms with Gasteiger partial charge in [-0.15, -0.1) is 0 Å². The number of rotatable bonds is 3. The van der Waals surface area contributed by atoms with Crippen LogP contribution in [0, 0.1) is 0 Å². The lowest BCUT2D eigenvalue weighted by Crippen LogP contribution is -1.84. The fourth-order valence-corrected chi connectivity index (χ4v) is 0.241. The van der Waals surface area contributed by atoms with Gasteiger partial charge in [0.25, 0.3) is 0 Å². The van der Waals surface area contributed by atoms with E-state index in [-0.39, 0.29) is 0 Å². The van der Waals surface area contributed by atoms with Crippen LogP contribution in [-0.4, -0.2) is 18.8 Å². The molecule has 0 aromatic carbocycles. The van der Waals surface area contributed by atoms with Crippen LogP contribution in [0.4, 0.5) is 0 Å². The van der Waals surface area contributed by atoms with Crippen molar-refractivity contribution in [2.24, 2.45) is 0 Å². The monoisotopic (exact) mass is 126 g/mol. The summed E-state index contributed by atoms with van der Waals surface area (Å²) in [5, 5.41) is 0. The molecule has 0 aliphatic heterocycles. The Kier molecular flexibility index (Phi) is 4.09. The van der Waals surface area contributed by atoms with Crippen molar-refractivity contribution in [3.8, 4) is 0 Å². The van der Waals surface area contributed by atoms with Crippen LogP contribution >= 0.6 is 0 Å². The van der Waals surface area contributed by atoms with E-state index < -0.39 is 5.78 Å². The summed E-state index contributed by atoms with van der Waals surface area (Å²) in [6.45, 7) is 0. The van der Waals surface area contributed by atoms with Crippen LogP contribution in [0.3, 0.4) is 0 Å². The molecule has 0 aliphatic rings. The van der Waals surface area contributed by atoms with E-state index in [4.69, 9.17) is 0 Å². The van der Waals surface area contributed by atoms with E-state index >= 15 is 0 Å². The van der Waals surface area contributed by atoms with Crippen molar-refractivity contribution in [1.82, 2.24) is 0 Å². The second kappa shape index (κ2) is 4.81. The number of carbonyl (C=O) groups excluding carboxylic acids is 2. The van der Waals surface area contributed by atoms with Gasteiger partial charge in [0, 0.05) is 6.08 Å². The molecule has 9 heavy (non-hydrogen) atoms. The van der Waals surface area contributed by atoms with Crippen molar-refractivity contribution >= 4 is 11.7 Å². The van der Waals surface area contributed by atoms with E-state index in [1.54, 1.807) is 0 Å². The molecular weight excluding hydrogens is 120 g/mol. The van der Waals surface area contributed by atoms with Crippen molar-refractivity contribution in [1.29, 1.82) is 0 Å². The maximum absolute atomic E-state index is 10.3. The highest BCUT2D eigenvalue weighted by Gasteiger charge is 1.84. The van der Waals surface area contributed by atoms with Gasteiger partial charge in [-0.2, -0.15) is 0 Å². The maximum Gasteiger partial charge on any atom is 0.192 e. The molecule has 0 spiro atoms. The Balaban J connectivity index is 3.77. The second-order valence-electron chi connectivity index (χ2n) is 1.20. The third-order valence-electron chi connectivity index (χ3n) is 0.570. The zero-order valence-corrected chi connectivity index (χ0v) is 4.96. The Hall–Kier alpha value is -1.34. The predicted octanol–water partition coefficient (Wildman–Crippen LogP) is 0.103. The molecule has 0 saturated heterocycles. The number of carbonyl (C=O) groups is 1. The molecule has 3 nitrogen and oxygen atoms in total. The first-order valence-corrected chi connectivity index (χ1v) is 2.25. The number of allylic oxidation sites excluding steroid dienone is 2. The van der Waals surface area contributed by atoms with Crippen molar-refractivity contribution in [2.45, 2.75) is 0 Å². The Morgan fingerprint density at radius 1 is 1.67 bits per heavy atom. The van der Waals surface area contributed by atoms with Crippen molar-refractivity contribution in [3.05, 3.63) is 18.4 Å². The smallest absolute Gasteiger partial charge is 0.192 e. The van der Waals surface area contributed by atoms with E-state index in [9.17, 15) is 9.59 Å². The van der Waals surface area contributed by atoms with E-state index in [0.717, 1.165) is 12.2 Å². The minimum absolute atomic E-state index is 0.424. The Morgan fingerprint density at radius 2 is 2.33 bits per heavy atom. The molecule has 0 N–H and O–H groups in total. The molecule has 48 valence electrons. The van der Waals surface area contributed by atoms with Crippen molar-refractivity contribution in [2.75, 3.05) is 7.11 Å². The van der Waals surface area contributed by atoms with Gasteiger partial charge in [-0.25, -0.2) is 4.79 Å². The molecule has 3 heteroatoms. The first-order valence-electron chi connectivity index (χ1n) is 2.25. The molecule has 0 aliphatic carbocycles. The van der Waals surface area contributed by atoms with Gasteiger partial charge < -0.3 is 4.74 Å². The standard InChI is InChI=1S/C6H6O3/c1-9-5-3-6(8)2-4-7/h2-3,5H,1H3/b5-3+. The highest BCUT2D eigenvalue weighted by Crippen LogP contribution is 1.76. The number of hydrogen-bond acceptors (Lipinski definition) is 3. The summed E-state index contributed by atoms with van der Waals surface area (Å²) in [7, 11) is 1.41. The minimum atomic E-state index is -0.424. The lowest BCUT2D eigenvalue weighted by atomic mass is 10.4.